The summed E-state index contributed by atoms with van der Waals surface area (Å²) in [5.74, 6) is -0.608. The molecule has 98 valence electrons. The predicted octanol–water partition coefficient (Wildman–Crippen LogP) is 1.41. The summed E-state index contributed by atoms with van der Waals surface area (Å²) in [6.07, 6.45) is 5.29. The zero-order valence-corrected chi connectivity index (χ0v) is 10.5. The van der Waals surface area contributed by atoms with E-state index in [9.17, 15) is 15.2 Å². The van der Waals surface area contributed by atoms with Crippen LogP contribution in [0.2, 0.25) is 0 Å². The van der Waals surface area contributed by atoms with Crippen molar-refractivity contribution in [3.05, 3.63) is 35.6 Å². The van der Waals surface area contributed by atoms with Gasteiger partial charge < -0.3 is 9.84 Å². The first-order chi connectivity index (χ1) is 9.13. The fourth-order valence-electron chi connectivity index (χ4n) is 2.24. The molecule has 1 aliphatic rings. The first kappa shape index (κ1) is 13.0. The molecule has 1 heterocycles. The van der Waals surface area contributed by atoms with Gasteiger partial charge in [0, 0.05) is 30.8 Å². The van der Waals surface area contributed by atoms with Crippen LogP contribution in [0.1, 0.15) is 24.8 Å². The van der Waals surface area contributed by atoms with Gasteiger partial charge in [-0.1, -0.05) is 0 Å². The topological polar surface area (TPSA) is 96.1 Å². The molecule has 0 saturated carbocycles. The highest BCUT2D eigenvalue weighted by Crippen LogP contribution is 2.40. The lowest BCUT2D eigenvalue weighted by molar-refractivity contribution is -0.136. The van der Waals surface area contributed by atoms with Crippen LogP contribution >= 0.6 is 0 Å². The number of hydrogen-bond donors (Lipinski definition) is 1. The molecule has 0 spiro atoms. The van der Waals surface area contributed by atoms with Crippen LogP contribution in [0.3, 0.4) is 0 Å². The van der Waals surface area contributed by atoms with Gasteiger partial charge in [0.2, 0.25) is 0 Å². The van der Waals surface area contributed by atoms with Gasteiger partial charge in [0.25, 0.3) is 0 Å². The van der Waals surface area contributed by atoms with E-state index in [4.69, 9.17) is 0 Å². The van der Waals surface area contributed by atoms with Crippen LogP contribution in [0.25, 0.3) is 0 Å². The van der Waals surface area contributed by atoms with Crippen molar-refractivity contribution in [2.45, 2.75) is 24.7 Å². The summed E-state index contributed by atoms with van der Waals surface area (Å²) in [6.45, 7) is 0. The number of allylic oxidation sites excluding steroid dienone is 1. The van der Waals surface area contributed by atoms with Crippen LogP contribution in [0.4, 0.5) is 0 Å². The molecule has 1 unspecified atom stereocenters. The van der Waals surface area contributed by atoms with E-state index < -0.39 is 11.4 Å². The summed E-state index contributed by atoms with van der Waals surface area (Å²) >= 11 is 0. The van der Waals surface area contributed by atoms with Crippen molar-refractivity contribution in [1.29, 1.82) is 5.26 Å². The third-order valence-electron chi connectivity index (χ3n) is 3.37. The van der Waals surface area contributed by atoms with Crippen molar-refractivity contribution < 1.29 is 14.6 Å². The highest BCUT2D eigenvalue weighted by atomic mass is 16.5. The van der Waals surface area contributed by atoms with Gasteiger partial charge in [-0.3, -0.25) is 0 Å². The SMILES string of the molecule is COC(=O)C1=C(O)CCC(C#N)(c2cncnc2)C1. The van der Waals surface area contributed by atoms with Gasteiger partial charge in [0.15, 0.2) is 0 Å². The Morgan fingerprint density at radius 3 is 2.79 bits per heavy atom. The summed E-state index contributed by atoms with van der Waals surface area (Å²) in [5.41, 5.74) is -0.0950. The summed E-state index contributed by atoms with van der Waals surface area (Å²) in [6, 6.07) is 2.23. The van der Waals surface area contributed by atoms with Gasteiger partial charge in [0.05, 0.1) is 24.2 Å². The first-order valence-electron chi connectivity index (χ1n) is 5.79. The largest absolute Gasteiger partial charge is 0.512 e. The lowest BCUT2D eigenvalue weighted by Gasteiger charge is -2.31. The molecule has 0 saturated heterocycles. The Balaban J connectivity index is 2.42. The number of carbonyl (C=O) groups is 1. The Kier molecular flexibility index (Phi) is 3.47. The average Bonchev–Trinajstić information content (AvgIpc) is 2.48. The van der Waals surface area contributed by atoms with Crippen LogP contribution in [0.15, 0.2) is 30.1 Å². The van der Waals surface area contributed by atoms with Crippen LogP contribution in [-0.4, -0.2) is 28.2 Å². The van der Waals surface area contributed by atoms with E-state index in [1.165, 1.54) is 13.4 Å². The molecule has 6 heteroatoms. The third kappa shape index (κ3) is 2.27. The van der Waals surface area contributed by atoms with Gasteiger partial charge in [-0.2, -0.15) is 5.26 Å². The Bertz CT molecular complexity index is 562. The predicted molar refractivity (Wildman–Crippen MR) is 64.8 cm³/mol. The number of nitrogens with zero attached hydrogens (tertiary/aromatic N) is 3. The van der Waals surface area contributed by atoms with Crippen LogP contribution < -0.4 is 0 Å². The molecule has 1 aliphatic carbocycles. The first-order valence-corrected chi connectivity index (χ1v) is 5.79. The molecular formula is C13H13N3O3. The molecule has 0 bridgehead atoms. The maximum atomic E-state index is 11.6. The van der Waals surface area contributed by atoms with Gasteiger partial charge in [-0.15, -0.1) is 0 Å². The number of aromatic nitrogens is 2. The fourth-order valence-corrected chi connectivity index (χ4v) is 2.24. The maximum absolute atomic E-state index is 11.6. The normalized spacial score (nSPS) is 22.7. The van der Waals surface area contributed by atoms with E-state index >= 15 is 0 Å². The van der Waals surface area contributed by atoms with Crippen LogP contribution in [0, 0.1) is 11.3 Å². The van der Waals surface area contributed by atoms with Gasteiger partial charge >= 0.3 is 5.97 Å². The Labute approximate surface area is 110 Å². The highest BCUT2D eigenvalue weighted by Gasteiger charge is 2.40. The maximum Gasteiger partial charge on any atom is 0.337 e. The summed E-state index contributed by atoms with van der Waals surface area (Å²) < 4.78 is 4.64. The minimum absolute atomic E-state index is 0.00502. The molecule has 1 aromatic heterocycles. The van der Waals surface area contributed by atoms with E-state index in [0.29, 0.717) is 12.0 Å². The quantitative estimate of drug-likeness (QED) is 0.806. The molecule has 0 fully saturated rings. The number of ether oxygens (including phenoxy) is 1. The Morgan fingerprint density at radius 1 is 1.53 bits per heavy atom. The van der Waals surface area contributed by atoms with Crippen molar-refractivity contribution >= 4 is 5.97 Å². The minimum Gasteiger partial charge on any atom is -0.512 e. The van der Waals surface area contributed by atoms with Crippen LogP contribution in [0.5, 0.6) is 0 Å². The van der Waals surface area contributed by atoms with Crippen molar-refractivity contribution in [3.8, 4) is 6.07 Å². The number of nitriles is 1. The van der Waals surface area contributed by atoms with Crippen molar-refractivity contribution in [1.82, 2.24) is 9.97 Å². The minimum atomic E-state index is -0.892. The number of hydrogen-bond acceptors (Lipinski definition) is 6. The van der Waals surface area contributed by atoms with Crippen molar-refractivity contribution in [2.75, 3.05) is 7.11 Å². The zero-order chi connectivity index (χ0) is 13.9. The standard InChI is InChI=1S/C13H13N3O3/c1-19-12(18)10-4-13(7-14,3-2-11(10)17)9-5-15-8-16-6-9/h5-6,8,17H,2-4H2,1H3. The Hall–Kier alpha value is -2.42. The number of methoxy groups -OCH3 is 1. The molecule has 0 radical (unpaired) electrons. The van der Waals surface area contributed by atoms with Gasteiger partial charge in [-0.05, 0) is 6.42 Å². The van der Waals surface area contributed by atoms with Gasteiger partial charge in [-0.25, -0.2) is 14.8 Å². The molecular weight excluding hydrogens is 246 g/mol. The lowest BCUT2D eigenvalue weighted by Crippen LogP contribution is -2.31. The number of rotatable bonds is 2. The van der Waals surface area contributed by atoms with E-state index in [-0.39, 0.29) is 24.2 Å². The second kappa shape index (κ2) is 5.06. The molecule has 6 nitrogen and oxygen atoms in total. The Morgan fingerprint density at radius 2 is 2.21 bits per heavy atom. The summed E-state index contributed by atoms with van der Waals surface area (Å²) in [7, 11) is 1.25. The van der Waals surface area contributed by atoms with E-state index in [2.05, 4.69) is 20.8 Å². The summed E-state index contributed by atoms with van der Waals surface area (Å²) in [4.78, 5) is 19.4. The van der Waals surface area contributed by atoms with Gasteiger partial charge in [0.1, 0.15) is 12.1 Å². The smallest absolute Gasteiger partial charge is 0.337 e. The molecule has 2 rings (SSSR count). The second-order valence-corrected chi connectivity index (χ2v) is 4.41. The molecule has 1 atom stereocenters. The molecule has 0 amide bonds. The van der Waals surface area contributed by atoms with Crippen molar-refractivity contribution in [2.24, 2.45) is 0 Å². The molecule has 0 aromatic carbocycles. The highest BCUT2D eigenvalue weighted by molar-refractivity contribution is 5.89. The molecule has 19 heavy (non-hydrogen) atoms. The number of aliphatic hydroxyl groups is 1. The third-order valence-corrected chi connectivity index (χ3v) is 3.37. The van der Waals surface area contributed by atoms with E-state index in [1.807, 2.05) is 0 Å². The molecule has 0 aliphatic heterocycles. The lowest BCUT2D eigenvalue weighted by atomic mass is 9.70. The fraction of sp³-hybridized carbons (Fsp3) is 0.385. The molecule has 1 aromatic rings. The average molecular weight is 259 g/mol. The molecule has 1 N–H and O–H groups in total. The number of esters is 1. The van der Waals surface area contributed by atoms with E-state index in [1.54, 1.807) is 12.4 Å². The number of carbonyl (C=O) groups excluding carboxylic acids is 1. The monoisotopic (exact) mass is 259 g/mol. The van der Waals surface area contributed by atoms with E-state index in [0.717, 1.165) is 0 Å². The zero-order valence-electron chi connectivity index (χ0n) is 10.5. The van der Waals surface area contributed by atoms with Crippen molar-refractivity contribution in [3.63, 3.8) is 0 Å². The van der Waals surface area contributed by atoms with Crippen LogP contribution in [-0.2, 0) is 14.9 Å². The summed E-state index contributed by atoms with van der Waals surface area (Å²) in [5, 5.41) is 19.3. The number of aliphatic hydroxyl groups excluding tert-OH is 1. The second-order valence-electron chi connectivity index (χ2n) is 4.41.